The summed E-state index contributed by atoms with van der Waals surface area (Å²) in [5, 5.41) is 20.4. The molecule has 4 rings (SSSR count). The highest BCUT2D eigenvalue weighted by molar-refractivity contribution is 7.89. The van der Waals surface area contributed by atoms with Gasteiger partial charge in [-0.2, -0.15) is 4.52 Å². The fourth-order valence-electron chi connectivity index (χ4n) is 3.58. The van der Waals surface area contributed by atoms with Crippen LogP contribution < -0.4 is 15.4 Å². The highest BCUT2D eigenvalue weighted by Gasteiger charge is 2.25. The third-order valence-electron chi connectivity index (χ3n) is 5.30. The zero-order chi connectivity index (χ0) is 21.1. The Morgan fingerprint density at radius 3 is 2.57 bits per heavy atom. The van der Waals surface area contributed by atoms with Crippen LogP contribution in [0.1, 0.15) is 18.4 Å². The molecule has 3 N–H and O–H groups in total. The Kier molecular flexibility index (Phi) is 5.64. The van der Waals surface area contributed by atoms with E-state index in [0.717, 1.165) is 37.3 Å². The van der Waals surface area contributed by atoms with Gasteiger partial charge in [0, 0.05) is 25.6 Å². The lowest BCUT2D eigenvalue weighted by atomic mass is 9.96. The first-order chi connectivity index (χ1) is 14.4. The van der Waals surface area contributed by atoms with Gasteiger partial charge in [0.15, 0.2) is 5.65 Å². The van der Waals surface area contributed by atoms with Gasteiger partial charge >= 0.3 is 0 Å². The van der Waals surface area contributed by atoms with E-state index in [-0.39, 0.29) is 16.7 Å². The van der Waals surface area contributed by atoms with E-state index in [1.165, 1.54) is 12.1 Å². The standard InChI is InChI=1S/C19H23N7O3S/c20-30(28,29)16-3-1-14(2-4-16)7-10-21-19(27)15-8-11-25(12-9-15)18-6-5-17-23-22-13-26(17)24-18/h1-6,13,15H,7-12H2,(H,21,27)(H2,20,28,29). The maximum Gasteiger partial charge on any atom is 0.238 e. The molecule has 0 saturated carbocycles. The number of carbonyl (C=O) groups excluding carboxylic acids is 1. The summed E-state index contributed by atoms with van der Waals surface area (Å²) < 4.78 is 24.2. The van der Waals surface area contributed by atoms with E-state index < -0.39 is 10.0 Å². The Bertz CT molecular complexity index is 1140. The molecule has 0 unspecified atom stereocenters. The average Bonchev–Trinajstić information content (AvgIpc) is 3.21. The van der Waals surface area contributed by atoms with Crippen LogP contribution in [0.3, 0.4) is 0 Å². The van der Waals surface area contributed by atoms with Gasteiger partial charge in [-0.3, -0.25) is 4.79 Å². The van der Waals surface area contributed by atoms with E-state index in [9.17, 15) is 13.2 Å². The van der Waals surface area contributed by atoms with Crippen molar-refractivity contribution >= 4 is 27.4 Å². The van der Waals surface area contributed by atoms with Crippen LogP contribution >= 0.6 is 0 Å². The summed E-state index contributed by atoms with van der Waals surface area (Å²) in [6.07, 6.45) is 3.72. The smallest absolute Gasteiger partial charge is 0.238 e. The van der Waals surface area contributed by atoms with Gasteiger partial charge < -0.3 is 10.2 Å². The Balaban J connectivity index is 1.24. The van der Waals surface area contributed by atoms with Crippen molar-refractivity contribution in [3.63, 3.8) is 0 Å². The lowest BCUT2D eigenvalue weighted by Gasteiger charge is -2.32. The molecule has 3 heterocycles. The number of benzene rings is 1. The quantitative estimate of drug-likeness (QED) is 0.577. The lowest BCUT2D eigenvalue weighted by Crippen LogP contribution is -2.41. The van der Waals surface area contributed by atoms with Gasteiger partial charge in [0.1, 0.15) is 12.1 Å². The van der Waals surface area contributed by atoms with Crippen LogP contribution in [0.15, 0.2) is 47.6 Å². The van der Waals surface area contributed by atoms with E-state index in [0.29, 0.717) is 18.6 Å². The highest BCUT2D eigenvalue weighted by atomic mass is 32.2. The Hall–Kier alpha value is -3.05. The minimum Gasteiger partial charge on any atom is -0.356 e. The topological polar surface area (TPSA) is 136 Å². The van der Waals surface area contributed by atoms with Crippen LogP contribution in [-0.2, 0) is 21.2 Å². The molecule has 1 amide bonds. The monoisotopic (exact) mass is 429 g/mol. The second-order valence-corrected chi connectivity index (χ2v) is 8.88. The number of hydrogen-bond donors (Lipinski definition) is 2. The van der Waals surface area contributed by atoms with Gasteiger partial charge in [-0.05, 0) is 49.1 Å². The number of rotatable bonds is 6. The zero-order valence-electron chi connectivity index (χ0n) is 16.3. The number of nitrogens with one attached hydrogen (secondary N) is 1. The van der Waals surface area contributed by atoms with Crippen molar-refractivity contribution in [2.45, 2.75) is 24.2 Å². The first-order valence-electron chi connectivity index (χ1n) is 9.71. The summed E-state index contributed by atoms with van der Waals surface area (Å²) >= 11 is 0. The van der Waals surface area contributed by atoms with E-state index in [2.05, 4.69) is 25.5 Å². The summed E-state index contributed by atoms with van der Waals surface area (Å²) in [6, 6.07) is 10.2. The third kappa shape index (κ3) is 4.57. The number of hydrogen-bond acceptors (Lipinski definition) is 7. The predicted octanol–water partition coefficient (Wildman–Crippen LogP) is 0.347. The first kappa shape index (κ1) is 20.2. The SMILES string of the molecule is NS(=O)(=O)c1ccc(CCNC(=O)C2CCN(c3ccc4nncn4n3)CC2)cc1. The van der Waals surface area contributed by atoms with E-state index in [1.54, 1.807) is 23.0 Å². The van der Waals surface area contributed by atoms with Crippen molar-refractivity contribution in [1.29, 1.82) is 0 Å². The number of sulfonamides is 1. The van der Waals surface area contributed by atoms with Crippen molar-refractivity contribution in [2.24, 2.45) is 11.1 Å². The molecular formula is C19H23N7O3S. The number of nitrogens with zero attached hydrogens (tertiary/aromatic N) is 5. The summed E-state index contributed by atoms with van der Waals surface area (Å²) in [4.78, 5) is 14.7. The molecule has 30 heavy (non-hydrogen) atoms. The van der Waals surface area contributed by atoms with E-state index >= 15 is 0 Å². The summed E-state index contributed by atoms with van der Waals surface area (Å²) in [6.45, 7) is 2.01. The van der Waals surface area contributed by atoms with Crippen molar-refractivity contribution < 1.29 is 13.2 Å². The molecule has 0 radical (unpaired) electrons. The van der Waals surface area contributed by atoms with Gasteiger partial charge in [0.05, 0.1) is 4.90 Å². The third-order valence-corrected chi connectivity index (χ3v) is 6.23. The lowest BCUT2D eigenvalue weighted by molar-refractivity contribution is -0.125. The summed E-state index contributed by atoms with van der Waals surface area (Å²) in [5.74, 6) is 0.881. The number of aromatic nitrogens is 4. The predicted molar refractivity (Wildman–Crippen MR) is 110 cm³/mol. The Labute approximate surface area is 174 Å². The molecule has 1 aromatic carbocycles. The van der Waals surface area contributed by atoms with Gasteiger partial charge in [-0.15, -0.1) is 15.3 Å². The summed E-state index contributed by atoms with van der Waals surface area (Å²) in [5.41, 5.74) is 1.64. The number of nitrogens with two attached hydrogens (primary N) is 1. The molecule has 3 aromatic rings. The molecule has 0 spiro atoms. The minimum absolute atomic E-state index is 0.0235. The molecule has 0 atom stereocenters. The van der Waals surface area contributed by atoms with Crippen LogP contribution in [0.5, 0.6) is 0 Å². The number of carbonyl (C=O) groups is 1. The zero-order valence-corrected chi connectivity index (χ0v) is 17.1. The van der Waals surface area contributed by atoms with Crippen LogP contribution in [0.4, 0.5) is 5.82 Å². The van der Waals surface area contributed by atoms with Crippen molar-refractivity contribution in [3.8, 4) is 0 Å². The van der Waals surface area contributed by atoms with Crippen LogP contribution in [0, 0.1) is 5.92 Å². The molecule has 1 aliphatic rings. The fraction of sp³-hybridized carbons (Fsp3) is 0.368. The molecule has 0 bridgehead atoms. The highest BCUT2D eigenvalue weighted by Crippen LogP contribution is 2.22. The van der Waals surface area contributed by atoms with Gasteiger partial charge in [-0.25, -0.2) is 13.6 Å². The number of fused-ring (bicyclic) bond motifs is 1. The maximum atomic E-state index is 12.5. The molecule has 0 aliphatic carbocycles. The van der Waals surface area contributed by atoms with Crippen LogP contribution in [-0.4, -0.2) is 53.8 Å². The molecule has 1 fully saturated rings. The van der Waals surface area contributed by atoms with Crippen LogP contribution in [0.2, 0.25) is 0 Å². The number of anilines is 1. The van der Waals surface area contributed by atoms with E-state index in [1.807, 2.05) is 12.1 Å². The average molecular weight is 430 g/mol. The molecule has 1 saturated heterocycles. The Morgan fingerprint density at radius 1 is 1.13 bits per heavy atom. The molecule has 10 nitrogen and oxygen atoms in total. The van der Waals surface area contributed by atoms with Gasteiger partial charge in [-0.1, -0.05) is 12.1 Å². The molecule has 2 aromatic heterocycles. The minimum atomic E-state index is -3.69. The fourth-order valence-corrected chi connectivity index (χ4v) is 4.09. The first-order valence-corrected chi connectivity index (χ1v) is 11.3. The molecule has 158 valence electrons. The van der Waals surface area contributed by atoms with Crippen molar-refractivity contribution in [2.75, 3.05) is 24.5 Å². The number of piperidine rings is 1. The van der Waals surface area contributed by atoms with Crippen molar-refractivity contribution in [3.05, 3.63) is 48.3 Å². The van der Waals surface area contributed by atoms with Gasteiger partial charge in [0.25, 0.3) is 0 Å². The number of amides is 1. The van der Waals surface area contributed by atoms with Gasteiger partial charge in [0.2, 0.25) is 15.9 Å². The molecular weight excluding hydrogens is 406 g/mol. The normalized spacial score (nSPS) is 15.4. The van der Waals surface area contributed by atoms with E-state index in [4.69, 9.17) is 5.14 Å². The maximum absolute atomic E-state index is 12.5. The molecule has 1 aliphatic heterocycles. The molecule has 11 heteroatoms. The van der Waals surface area contributed by atoms with Crippen molar-refractivity contribution in [1.82, 2.24) is 25.1 Å². The largest absolute Gasteiger partial charge is 0.356 e. The van der Waals surface area contributed by atoms with Crippen LogP contribution in [0.25, 0.3) is 5.65 Å². The number of primary sulfonamides is 1. The summed E-state index contributed by atoms with van der Waals surface area (Å²) in [7, 11) is -3.69. The second kappa shape index (κ2) is 8.36. The Morgan fingerprint density at radius 2 is 1.87 bits per heavy atom. The second-order valence-electron chi connectivity index (χ2n) is 7.32.